The van der Waals surface area contributed by atoms with Gasteiger partial charge in [-0.2, -0.15) is 0 Å². The van der Waals surface area contributed by atoms with Gasteiger partial charge in [0.2, 0.25) is 0 Å². The van der Waals surface area contributed by atoms with Crippen molar-refractivity contribution >= 4 is 5.97 Å². The minimum absolute atomic E-state index is 0.580. The lowest BCUT2D eigenvalue weighted by atomic mass is 9.91. The van der Waals surface area contributed by atoms with Crippen LogP contribution in [0.15, 0.2) is 0 Å². The highest BCUT2D eigenvalue weighted by Crippen LogP contribution is 2.47. The monoisotopic (exact) mass is 1170 g/mol. The van der Waals surface area contributed by atoms with E-state index in [0.717, 1.165) is 49.4 Å². The zero-order valence-electron chi connectivity index (χ0n) is 57.5. The van der Waals surface area contributed by atoms with Crippen molar-refractivity contribution in [3.05, 3.63) is 0 Å². The van der Waals surface area contributed by atoms with Crippen molar-refractivity contribution in [3.63, 3.8) is 0 Å². The van der Waals surface area contributed by atoms with Gasteiger partial charge in [-0.05, 0) is 49.4 Å². The Bertz CT molecular complexity index is 1260. The van der Waals surface area contributed by atoms with E-state index in [-0.39, 0.29) is 0 Å². The van der Waals surface area contributed by atoms with E-state index in [9.17, 15) is 15.0 Å². The summed E-state index contributed by atoms with van der Waals surface area (Å²) in [5.41, 5.74) is 0. The number of carboxylic acid groups (broad SMARTS) is 1. The SMILES string of the molecule is CCCCCCCCCCCCCCCCCCCCCCCCC[C@@H](C(=O)O)[C@H](O)CCCCCCCCCCC[C@H]1C[C@H]1CCCCCCCCCCCCCC[C@@H]1C[C@H]1CCCCCCCCCCCCCCCCCCCCC. The number of aliphatic hydroxyl groups excluding tert-OH is 1. The molecule has 3 nitrogen and oxygen atoms in total. The van der Waals surface area contributed by atoms with Crippen molar-refractivity contribution < 1.29 is 15.0 Å². The van der Waals surface area contributed by atoms with Crippen LogP contribution < -0.4 is 0 Å². The molecule has 0 aromatic carbocycles. The van der Waals surface area contributed by atoms with Crippen LogP contribution in [0, 0.1) is 29.6 Å². The molecular formula is C80H156O3. The summed E-state index contributed by atoms with van der Waals surface area (Å²) in [6, 6.07) is 0. The highest BCUT2D eigenvalue weighted by atomic mass is 16.4. The van der Waals surface area contributed by atoms with Crippen LogP contribution >= 0.6 is 0 Å². The molecule has 0 radical (unpaired) electrons. The molecule has 0 heterocycles. The van der Waals surface area contributed by atoms with Crippen LogP contribution in [0.25, 0.3) is 0 Å². The van der Waals surface area contributed by atoms with Crippen molar-refractivity contribution in [1.29, 1.82) is 0 Å². The second kappa shape index (κ2) is 63.0. The van der Waals surface area contributed by atoms with Crippen LogP contribution in [0.4, 0.5) is 0 Å². The molecule has 2 aliphatic rings. The molecule has 2 aliphatic carbocycles. The van der Waals surface area contributed by atoms with Gasteiger partial charge >= 0.3 is 5.97 Å². The van der Waals surface area contributed by atoms with E-state index >= 15 is 0 Å². The topological polar surface area (TPSA) is 57.5 Å². The quantitative estimate of drug-likeness (QED) is 0.0597. The fourth-order valence-corrected chi connectivity index (χ4v) is 14.9. The van der Waals surface area contributed by atoms with Gasteiger partial charge in [-0.15, -0.1) is 0 Å². The van der Waals surface area contributed by atoms with Crippen molar-refractivity contribution in [2.75, 3.05) is 0 Å². The molecule has 2 rings (SSSR count). The molecule has 2 fully saturated rings. The Morgan fingerprint density at radius 3 is 0.590 bits per heavy atom. The van der Waals surface area contributed by atoms with E-state index in [4.69, 9.17) is 0 Å². The molecule has 0 aromatic heterocycles. The van der Waals surface area contributed by atoms with Gasteiger partial charge in [0, 0.05) is 0 Å². The maximum atomic E-state index is 12.0. The summed E-state index contributed by atoms with van der Waals surface area (Å²) in [6.07, 6.45) is 99.0. The molecule has 0 saturated heterocycles. The van der Waals surface area contributed by atoms with Crippen molar-refractivity contribution in [1.82, 2.24) is 0 Å². The van der Waals surface area contributed by atoms with Crippen LogP contribution in [-0.4, -0.2) is 22.3 Å². The summed E-state index contributed by atoms with van der Waals surface area (Å²) < 4.78 is 0. The highest BCUT2D eigenvalue weighted by Gasteiger charge is 2.36. The zero-order chi connectivity index (χ0) is 59.2. The predicted octanol–water partition coefficient (Wildman–Crippen LogP) is 28.3. The molecule has 2 N–H and O–H groups in total. The molecule has 2 saturated carbocycles. The van der Waals surface area contributed by atoms with Gasteiger partial charge in [-0.25, -0.2) is 0 Å². The average Bonchev–Trinajstić information content (AvgIpc) is 4.51. The lowest BCUT2D eigenvalue weighted by Gasteiger charge is -2.19. The smallest absolute Gasteiger partial charge is 0.309 e. The Balaban J connectivity index is 1.19. The molecule has 3 heteroatoms. The van der Waals surface area contributed by atoms with E-state index in [0.29, 0.717) is 12.8 Å². The Hall–Kier alpha value is -0.570. The van der Waals surface area contributed by atoms with Gasteiger partial charge in [-0.3, -0.25) is 4.79 Å². The van der Waals surface area contributed by atoms with E-state index < -0.39 is 18.0 Å². The maximum Gasteiger partial charge on any atom is 0.309 e. The summed E-state index contributed by atoms with van der Waals surface area (Å²) in [6.45, 7) is 4.61. The molecule has 0 aromatic rings. The summed E-state index contributed by atoms with van der Waals surface area (Å²) in [7, 11) is 0. The van der Waals surface area contributed by atoms with Gasteiger partial charge in [0.15, 0.2) is 0 Å². The van der Waals surface area contributed by atoms with Crippen LogP contribution in [0.1, 0.15) is 470 Å². The first kappa shape index (κ1) is 78.5. The van der Waals surface area contributed by atoms with E-state index in [1.165, 1.54) is 398 Å². The summed E-state index contributed by atoms with van der Waals surface area (Å²) in [4.78, 5) is 12.0. The van der Waals surface area contributed by atoms with E-state index in [1.807, 2.05) is 0 Å². The van der Waals surface area contributed by atoms with Gasteiger partial charge in [0.05, 0.1) is 12.0 Å². The van der Waals surface area contributed by atoms with Gasteiger partial charge in [0.25, 0.3) is 0 Å². The number of carboxylic acids is 1. The second-order valence-electron chi connectivity index (χ2n) is 29.3. The molecule has 0 unspecified atom stereocenters. The van der Waals surface area contributed by atoms with Crippen molar-refractivity contribution in [2.24, 2.45) is 29.6 Å². The fraction of sp³-hybridized carbons (Fsp3) is 0.988. The Morgan fingerprint density at radius 1 is 0.253 bits per heavy atom. The molecule has 6 atom stereocenters. The first-order chi connectivity index (χ1) is 41.1. The third-order valence-corrected chi connectivity index (χ3v) is 21.2. The van der Waals surface area contributed by atoms with Gasteiger partial charge < -0.3 is 10.2 Å². The number of aliphatic hydroxyl groups is 1. The minimum atomic E-state index is -0.795. The van der Waals surface area contributed by atoms with Crippen LogP contribution in [0.5, 0.6) is 0 Å². The Labute approximate surface area is 523 Å². The third kappa shape index (κ3) is 55.2. The molecule has 0 amide bonds. The number of unbranched alkanes of at least 4 members (excludes halogenated alkanes) is 59. The second-order valence-corrected chi connectivity index (χ2v) is 29.3. The molecular weight excluding hydrogens is 1010 g/mol. The largest absolute Gasteiger partial charge is 0.481 e. The third-order valence-electron chi connectivity index (χ3n) is 21.2. The number of aliphatic carboxylic acids is 1. The molecule has 0 aliphatic heterocycles. The highest BCUT2D eigenvalue weighted by molar-refractivity contribution is 5.70. The van der Waals surface area contributed by atoms with Crippen LogP contribution in [0.3, 0.4) is 0 Å². The molecule has 494 valence electrons. The normalized spacial score (nSPS) is 17.4. The maximum absolute atomic E-state index is 12.0. The number of hydrogen-bond acceptors (Lipinski definition) is 2. The van der Waals surface area contributed by atoms with Crippen molar-refractivity contribution in [2.45, 2.75) is 476 Å². The number of rotatable bonds is 73. The fourth-order valence-electron chi connectivity index (χ4n) is 14.9. The lowest BCUT2D eigenvalue weighted by Crippen LogP contribution is -2.28. The first-order valence-electron chi connectivity index (χ1n) is 40.0. The molecule has 83 heavy (non-hydrogen) atoms. The zero-order valence-corrected chi connectivity index (χ0v) is 57.5. The van der Waals surface area contributed by atoms with Crippen LogP contribution in [-0.2, 0) is 4.79 Å². The average molecular weight is 1170 g/mol. The summed E-state index contributed by atoms with van der Waals surface area (Å²) in [5.74, 6) is 2.98. The van der Waals surface area contributed by atoms with E-state index in [2.05, 4.69) is 13.8 Å². The van der Waals surface area contributed by atoms with Gasteiger partial charge in [-0.1, -0.05) is 444 Å². The lowest BCUT2D eigenvalue weighted by molar-refractivity contribution is -0.146. The van der Waals surface area contributed by atoms with Crippen LogP contribution in [0.2, 0.25) is 0 Å². The number of carbonyl (C=O) groups is 1. The van der Waals surface area contributed by atoms with Gasteiger partial charge in [0.1, 0.15) is 0 Å². The standard InChI is InChI=1S/C80H156O3/c1-3-5-7-9-11-13-15-17-19-21-23-24-25-26-28-30-32-34-40-46-52-58-64-70-78(80(82)83)79(81)71-65-59-53-47-41-45-51-57-63-69-77-73-76(77)68-62-56-50-44-39-36-35-38-43-49-55-61-67-75-72-74(75)66-60-54-48-42-37-33-31-29-27-22-20-18-16-14-12-10-8-6-4-2/h74-79,81H,3-73H2,1-2H3,(H,82,83)/t74-,75-,76-,77+,78-,79-/m1/s1. The molecule has 0 bridgehead atoms. The molecule has 0 spiro atoms. The Morgan fingerprint density at radius 2 is 0.410 bits per heavy atom. The summed E-state index contributed by atoms with van der Waals surface area (Å²) in [5, 5.41) is 20.6. The Kier molecular flexibility index (Phi) is 59.6. The summed E-state index contributed by atoms with van der Waals surface area (Å²) >= 11 is 0. The number of hydrogen-bond donors (Lipinski definition) is 2. The van der Waals surface area contributed by atoms with Crippen molar-refractivity contribution in [3.8, 4) is 0 Å². The first-order valence-corrected chi connectivity index (χ1v) is 40.0. The predicted molar refractivity (Wildman–Crippen MR) is 370 cm³/mol. The van der Waals surface area contributed by atoms with E-state index in [1.54, 1.807) is 19.3 Å². The minimum Gasteiger partial charge on any atom is -0.481 e.